The van der Waals surface area contributed by atoms with Crippen LogP contribution >= 0.6 is 11.3 Å². The summed E-state index contributed by atoms with van der Waals surface area (Å²) in [5, 5.41) is 11.8. The van der Waals surface area contributed by atoms with E-state index in [9.17, 15) is 9.59 Å². The van der Waals surface area contributed by atoms with E-state index in [0.717, 1.165) is 16.3 Å². The summed E-state index contributed by atoms with van der Waals surface area (Å²) in [6.45, 7) is 4.28. The largest absolute Gasteiger partial charge is 0.454 e. The Morgan fingerprint density at radius 1 is 1.17 bits per heavy atom. The Bertz CT molecular complexity index is 1040. The van der Waals surface area contributed by atoms with Gasteiger partial charge in [-0.15, -0.1) is 11.3 Å². The Labute approximate surface area is 171 Å². The van der Waals surface area contributed by atoms with E-state index in [1.807, 2.05) is 42.1 Å². The number of benzene rings is 1. The monoisotopic (exact) mass is 412 g/mol. The first kappa shape index (κ1) is 19.0. The van der Waals surface area contributed by atoms with Gasteiger partial charge in [-0.25, -0.2) is 0 Å². The van der Waals surface area contributed by atoms with Gasteiger partial charge in [0, 0.05) is 28.9 Å². The fourth-order valence-corrected chi connectivity index (χ4v) is 3.99. The molecule has 1 aliphatic heterocycles. The molecular weight excluding hydrogens is 392 g/mol. The predicted octanol–water partition coefficient (Wildman–Crippen LogP) is 2.63. The first-order valence-corrected chi connectivity index (χ1v) is 9.94. The van der Waals surface area contributed by atoms with Gasteiger partial charge in [-0.3, -0.25) is 14.3 Å². The van der Waals surface area contributed by atoms with Gasteiger partial charge in [-0.1, -0.05) is 6.07 Å². The third-order valence-electron chi connectivity index (χ3n) is 4.50. The molecule has 9 heteroatoms. The van der Waals surface area contributed by atoms with Crippen molar-refractivity contribution in [1.82, 2.24) is 15.1 Å². The SMILES string of the molecule is Cc1cc(C)n(C(CNC(=O)C(=O)Nc2ccc3c(c2)OCO3)c2cccs2)n1. The van der Waals surface area contributed by atoms with Gasteiger partial charge >= 0.3 is 11.8 Å². The maximum Gasteiger partial charge on any atom is 0.313 e. The summed E-state index contributed by atoms with van der Waals surface area (Å²) in [5.41, 5.74) is 2.35. The first-order chi connectivity index (χ1) is 14.0. The van der Waals surface area contributed by atoms with Gasteiger partial charge in [-0.2, -0.15) is 5.10 Å². The van der Waals surface area contributed by atoms with Crippen LogP contribution in [0.25, 0.3) is 0 Å². The molecule has 0 saturated carbocycles. The van der Waals surface area contributed by atoms with Gasteiger partial charge in [0.2, 0.25) is 6.79 Å². The van der Waals surface area contributed by atoms with Gasteiger partial charge in [0.25, 0.3) is 0 Å². The van der Waals surface area contributed by atoms with Crippen LogP contribution in [-0.2, 0) is 9.59 Å². The Kier molecular flexibility index (Phi) is 5.22. The molecule has 2 aromatic heterocycles. The third-order valence-corrected chi connectivity index (χ3v) is 5.48. The zero-order valence-corrected chi connectivity index (χ0v) is 16.8. The zero-order chi connectivity index (χ0) is 20.4. The van der Waals surface area contributed by atoms with E-state index in [-0.39, 0.29) is 19.4 Å². The highest BCUT2D eigenvalue weighted by molar-refractivity contribution is 7.10. The summed E-state index contributed by atoms with van der Waals surface area (Å²) < 4.78 is 12.4. The van der Waals surface area contributed by atoms with Gasteiger partial charge in [0.15, 0.2) is 11.5 Å². The molecule has 3 aromatic rings. The number of ether oxygens (including phenoxy) is 2. The van der Waals surface area contributed by atoms with E-state index in [0.29, 0.717) is 17.2 Å². The third kappa shape index (κ3) is 4.09. The number of carbonyl (C=O) groups excluding carboxylic acids is 2. The molecule has 0 aliphatic carbocycles. The van der Waals surface area contributed by atoms with Crippen LogP contribution < -0.4 is 20.1 Å². The number of aryl methyl sites for hydroxylation is 2. The topological polar surface area (TPSA) is 94.5 Å². The van der Waals surface area contributed by atoms with Gasteiger partial charge < -0.3 is 20.1 Å². The molecule has 3 heterocycles. The van der Waals surface area contributed by atoms with Crippen molar-refractivity contribution in [3.05, 3.63) is 58.0 Å². The number of amides is 2. The Morgan fingerprint density at radius 3 is 2.72 bits per heavy atom. The molecule has 1 atom stereocenters. The molecule has 150 valence electrons. The van der Waals surface area contributed by atoms with Crippen molar-refractivity contribution < 1.29 is 19.1 Å². The number of aromatic nitrogens is 2. The summed E-state index contributed by atoms with van der Waals surface area (Å²) in [7, 11) is 0. The minimum absolute atomic E-state index is 0.143. The molecule has 2 amide bonds. The molecule has 0 spiro atoms. The fourth-order valence-electron chi connectivity index (χ4n) is 3.18. The maximum absolute atomic E-state index is 12.4. The van der Waals surface area contributed by atoms with E-state index in [1.165, 1.54) is 0 Å². The van der Waals surface area contributed by atoms with Crippen LogP contribution in [0.15, 0.2) is 41.8 Å². The molecule has 2 N–H and O–H groups in total. The van der Waals surface area contributed by atoms with Crippen LogP contribution in [0.3, 0.4) is 0 Å². The molecule has 1 aromatic carbocycles. The summed E-state index contributed by atoms with van der Waals surface area (Å²) in [6.07, 6.45) is 0. The van der Waals surface area contributed by atoms with Crippen molar-refractivity contribution in [2.45, 2.75) is 19.9 Å². The van der Waals surface area contributed by atoms with Crippen LogP contribution in [-0.4, -0.2) is 34.9 Å². The van der Waals surface area contributed by atoms with Crippen LogP contribution in [0.4, 0.5) is 5.69 Å². The van der Waals surface area contributed by atoms with Gasteiger partial charge in [0.1, 0.15) is 6.04 Å². The maximum atomic E-state index is 12.4. The lowest BCUT2D eigenvalue weighted by atomic mass is 10.2. The van der Waals surface area contributed by atoms with Crippen LogP contribution in [0, 0.1) is 13.8 Å². The van der Waals surface area contributed by atoms with E-state index < -0.39 is 11.8 Å². The van der Waals surface area contributed by atoms with Gasteiger partial charge in [-0.05, 0) is 43.5 Å². The summed E-state index contributed by atoms with van der Waals surface area (Å²) in [4.78, 5) is 25.7. The molecule has 1 aliphatic rings. The Morgan fingerprint density at radius 2 is 2.00 bits per heavy atom. The Balaban J connectivity index is 1.42. The second-order valence-electron chi connectivity index (χ2n) is 6.64. The average molecular weight is 412 g/mol. The summed E-state index contributed by atoms with van der Waals surface area (Å²) in [6, 6.07) is 10.7. The van der Waals surface area contributed by atoms with E-state index in [2.05, 4.69) is 15.7 Å². The normalized spacial score (nSPS) is 13.2. The van der Waals surface area contributed by atoms with Crippen LogP contribution in [0.2, 0.25) is 0 Å². The minimum atomic E-state index is -0.748. The highest BCUT2D eigenvalue weighted by Gasteiger charge is 2.22. The molecule has 1 unspecified atom stereocenters. The summed E-state index contributed by atoms with van der Waals surface area (Å²) >= 11 is 1.58. The molecule has 29 heavy (non-hydrogen) atoms. The van der Waals surface area contributed by atoms with Crippen molar-refractivity contribution in [3.63, 3.8) is 0 Å². The van der Waals surface area contributed by atoms with E-state index in [4.69, 9.17) is 9.47 Å². The lowest BCUT2D eigenvalue weighted by Crippen LogP contribution is -2.39. The fraction of sp³-hybridized carbons (Fsp3) is 0.250. The number of hydrogen-bond donors (Lipinski definition) is 2. The van der Waals surface area contributed by atoms with Crippen molar-refractivity contribution >= 4 is 28.8 Å². The molecular formula is C20H20N4O4S. The van der Waals surface area contributed by atoms with E-state index in [1.54, 1.807) is 29.5 Å². The minimum Gasteiger partial charge on any atom is -0.454 e. The number of rotatable bonds is 5. The predicted molar refractivity (Wildman–Crippen MR) is 108 cm³/mol. The van der Waals surface area contributed by atoms with Crippen molar-refractivity contribution in [2.24, 2.45) is 0 Å². The van der Waals surface area contributed by atoms with Crippen molar-refractivity contribution in [2.75, 3.05) is 18.7 Å². The quantitative estimate of drug-likeness (QED) is 0.629. The second-order valence-corrected chi connectivity index (χ2v) is 7.61. The smallest absolute Gasteiger partial charge is 0.313 e. The molecule has 8 nitrogen and oxygen atoms in total. The lowest BCUT2D eigenvalue weighted by molar-refractivity contribution is -0.136. The van der Waals surface area contributed by atoms with Gasteiger partial charge in [0.05, 0.1) is 5.69 Å². The standard InChI is InChI=1S/C20H20N4O4S/c1-12-8-13(2)24(23-12)15(18-4-3-7-29-18)10-21-19(25)20(26)22-14-5-6-16-17(9-14)28-11-27-16/h3-9,15H,10-11H2,1-2H3,(H,21,25)(H,22,26). The Hall–Kier alpha value is -3.33. The number of fused-ring (bicyclic) bond motifs is 1. The van der Waals surface area contributed by atoms with Crippen molar-refractivity contribution in [1.29, 1.82) is 0 Å². The van der Waals surface area contributed by atoms with Crippen LogP contribution in [0.5, 0.6) is 11.5 Å². The molecule has 0 bridgehead atoms. The lowest BCUT2D eigenvalue weighted by Gasteiger charge is -2.18. The van der Waals surface area contributed by atoms with E-state index >= 15 is 0 Å². The number of carbonyl (C=O) groups is 2. The average Bonchev–Trinajstić information content (AvgIpc) is 3.43. The zero-order valence-electron chi connectivity index (χ0n) is 16.0. The molecule has 4 rings (SSSR count). The highest BCUT2D eigenvalue weighted by atomic mass is 32.1. The number of thiophene rings is 1. The number of nitrogens with one attached hydrogen (secondary N) is 2. The molecule has 0 saturated heterocycles. The second kappa shape index (κ2) is 7.96. The number of nitrogens with zero attached hydrogens (tertiary/aromatic N) is 2. The number of hydrogen-bond acceptors (Lipinski definition) is 6. The number of anilines is 1. The highest BCUT2D eigenvalue weighted by Crippen LogP contribution is 2.34. The van der Waals surface area contributed by atoms with Crippen LogP contribution in [0.1, 0.15) is 22.3 Å². The molecule has 0 fully saturated rings. The van der Waals surface area contributed by atoms with Crippen molar-refractivity contribution in [3.8, 4) is 11.5 Å². The molecule has 0 radical (unpaired) electrons. The summed E-state index contributed by atoms with van der Waals surface area (Å²) in [5.74, 6) is -0.325. The first-order valence-electron chi connectivity index (χ1n) is 9.06.